The molecule has 0 N–H and O–H groups in total. The standard InChI is InChI=1S/C23H25NO2S/c1-20(2)18(25)21(3,4)23(20)22(27-23,16-12-8-6-9-13-16)19(26)24(5)17-14-10-7-11-15-17/h6-15H,1-5H3/t22-/m1/s1. The Bertz CT molecular complexity index is 902. The minimum atomic E-state index is -0.750. The van der Waals surface area contributed by atoms with Crippen LogP contribution in [0.2, 0.25) is 0 Å². The largest absolute Gasteiger partial charge is 0.314 e. The van der Waals surface area contributed by atoms with E-state index in [9.17, 15) is 9.59 Å². The Hall–Kier alpha value is -2.07. The summed E-state index contributed by atoms with van der Waals surface area (Å²) in [7, 11) is 1.83. The summed E-state index contributed by atoms with van der Waals surface area (Å²) in [6, 6.07) is 19.6. The van der Waals surface area contributed by atoms with Gasteiger partial charge in [-0.15, -0.1) is 11.8 Å². The van der Waals surface area contributed by atoms with Crippen LogP contribution in [0.5, 0.6) is 0 Å². The molecule has 4 heteroatoms. The van der Waals surface area contributed by atoms with Gasteiger partial charge in [-0.2, -0.15) is 0 Å². The van der Waals surface area contributed by atoms with Gasteiger partial charge in [0.15, 0.2) is 0 Å². The number of nitrogens with zero attached hydrogens (tertiary/aromatic N) is 1. The highest BCUT2D eigenvalue weighted by atomic mass is 32.2. The van der Waals surface area contributed by atoms with Crippen molar-refractivity contribution in [3.63, 3.8) is 0 Å². The molecule has 0 aromatic heterocycles. The molecule has 4 rings (SSSR count). The van der Waals surface area contributed by atoms with Crippen LogP contribution in [-0.2, 0) is 14.3 Å². The summed E-state index contributed by atoms with van der Waals surface area (Å²) in [6.45, 7) is 7.98. The van der Waals surface area contributed by atoms with Crippen molar-refractivity contribution in [3.8, 4) is 0 Å². The van der Waals surface area contributed by atoms with Gasteiger partial charge >= 0.3 is 0 Å². The van der Waals surface area contributed by atoms with Crippen molar-refractivity contribution in [2.24, 2.45) is 10.8 Å². The first-order chi connectivity index (χ1) is 12.6. The molecule has 3 nitrogen and oxygen atoms in total. The molecule has 1 saturated heterocycles. The number of Topliss-reactive ketones (excluding diaryl/α,β-unsaturated/α-hetero) is 1. The van der Waals surface area contributed by atoms with Gasteiger partial charge < -0.3 is 4.90 Å². The molecule has 1 aliphatic carbocycles. The summed E-state index contributed by atoms with van der Waals surface area (Å²) in [5, 5.41) is 0. The summed E-state index contributed by atoms with van der Waals surface area (Å²) < 4.78 is -1.19. The third kappa shape index (κ3) is 1.94. The van der Waals surface area contributed by atoms with E-state index in [1.54, 1.807) is 16.7 Å². The van der Waals surface area contributed by atoms with Crippen molar-refractivity contribution < 1.29 is 9.59 Å². The van der Waals surface area contributed by atoms with Crippen LogP contribution in [0.1, 0.15) is 33.3 Å². The average Bonchev–Trinajstić information content (AvgIpc) is 3.42. The number of carbonyl (C=O) groups excluding carboxylic acids is 2. The number of hydrogen-bond donors (Lipinski definition) is 0. The summed E-state index contributed by atoms with van der Waals surface area (Å²) >= 11 is 1.66. The van der Waals surface area contributed by atoms with Crippen molar-refractivity contribution in [3.05, 3.63) is 66.2 Å². The molecule has 2 aromatic rings. The lowest BCUT2D eigenvalue weighted by molar-refractivity contribution is -0.160. The molecule has 1 amide bonds. The molecule has 1 aliphatic heterocycles. The van der Waals surface area contributed by atoms with E-state index in [1.165, 1.54) is 0 Å². The molecule has 0 bridgehead atoms. The van der Waals surface area contributed by atoms with E-state index in [0.717, 1.165) is 11.3 Å². The number of anilines is 1. The maximum Gasteiger partial charge on any atom is 0.249 e. The number of hydrogen-bond acceptors (Lipinski definition) is 3. The number of para-hydroxylation sites is 1. The molecule has 1 atom stereocenters. The number of thioether (sulfide) groups is 1. The highest BCUT2D eigenvalue weighted by Crippen LogP contribution is 2.88. The summed E-state index contributed by atoms with van der Waals surface area (Å²) in [6.07, 6.45) is 0. The predicted octanol–water partition coefficient (Wildman–Crippen LogP) is 4.67. The van der Waals surface area contributed by atoms with Crippen LogP contribution < -0.4 is 4.90 Å². The molecular formula is C23H25NO2S. The molecule has 140 valence electrons. The lowest BCUT2D eigenvalue weighted by Crippen LogP contribution is -2.70. The number of rotatable bonds is 3. The topological polar surface area (TPSA) is 37.4 Å². The van der Waals surface area contributed by atoms with Crippen molar-refractivity contribution >= 4 is 29.1 Å². The smallest absolute Gasteiger partial charge is 0.249 e. The van der Waals surface area contributed by atoms with Gasteiger partial charge in [0.05, 0.1) is 4.75 Å². The Balaban J connectivity index is 1.87. The first-order valence-electron chi connectivity index (χ1n) is 9.28. The van der Waals surface area contributed by atoms with E-state index in [-0.39, 0.29) is 11.7 Å². The second-order valence-corrected chi connectivity index (χ2v) is 10.0. The van der Waals surface area contributed by atoms with Gasteiger partial charge in [-0.1, -0.05) is 76.2 Å². The average molecular weight is 380 g/mol. The predicted molar refractivity (Wildman–Crippen MR) is 111 cm³/mol. The Morgan fingerprint density at radius 2 is 1.33 bits per heavy atom. The number of likely N-dealkylation sites (N-methyl/N-ethyl adjacent to an activating group) is 1. The van der Waals surface area contributed by atoms with Crippen molar-refractivity contribution in [2.75, 3.05) is 11.9 Å². The van der Waals surface area contributed by atoms with Crippen LogP contribution in [0.15, 0.2) is 60.7 Å². The van der Waals surface area contributed by atoms with Crippen LogP contribution in [0, 0.1) is 10.8 Å². The van der Waals surface area contributed by atoms with Gasteiger partial charge in [-0.3, -0.25) is 9.59 Å². The molecular weight excluding hydrogens is 354 g/mol. The maximum atomic E-state index is 13.9. The summed E-state index contributed by atoms with van der Waals surface area (Å²) in [5.41, 5.74) is 0.743. The number of ketones is 1. The van der Waals surface area contributed by atoms with Crippen LogP contribution in [0.25, 0.3) is 0 Å². The lowest BCUT2D eigenvalue weighted by atomic mass is 9.43. The van der Waals surface area contributed by atoms with E-state index in [1.807, 2.05) is 95.4 Å². The molecule has 2 aliphatic rings. The van der Waals surface area contributed by atoms with E-state index in [4.69, 9.17) is 0 Å². The van der Waals surface area contributed by atoms with Crippen LogP contribution in [0.3, 0.4) is 0 Å². The Kier molecular flexibility index (Phi) is 3.71. The maximum absolute atomic E-state index is 13.9. The van der Waals surface area contributed by atoms with Gasteiger partial charge in [-0.25, -0.2) is 0 Å². The lowest BCUT2D eigenvalue weighted by Gasteiger charge is -2.57. The Morgan fingerprint density at radius 1 is 0.852 bits per heavy atom. The molecule has 0 radical (unpaired) electrons. The van der Waals surface area contributed by atoms with E-state index in [0.29, 0.717) is 0 Å². The Labute approximate surface area is 165 Å². The molecule has 1 heterocycles. The van der Waals surface area contributed by atoms with Gasteiger partial charge in [0.25, 0.3) is 0 Å². The van der Waals surface area contributed by atoms with Gasteiger partial charge in [0.2, 0.25) is 5.91 Å². The monoisotopic (exact) mass is 379 g/mol. The number of amides is 1. The number of carbonyl (C=O) groups is 2. The van der Waals surface area contributed by atoms with Crippen LogP contribution in [0.4, 0.5) is 5.69 Å². The zero-order valence-electron chi connectivity index (χ0n) is 16.4. The second kappa shape index (κ2) is 5.48. The molecule has 0 unspecified atom stereocenters. The van der Waals surface area contributed by atoms with Crippen molar-refractivity contribution in [1.29, 1.82) is 0 Å². The van der Waals surface area contributed by atoms with E-state index in [2.05, 4.69) is 0 Å². The van der Waals surface area contributed by atoms with Gasteiger partial charge in [0.1, 0.15) is 10.5 Å². The zero-order valence-corrected chi connectivity index (χ0v) is 17.3. The number of benzene rings is 2. The van der Waals surface area contributed by atoms with Crippen molar-refractivity contribution in [1.82, 2.24) is 0 Å². The van der Waals surface area contributed by atoms with Crippen LogP contribution >= 0.6 is 11.8 Å². The summed E-state index contributed by atoms with van der Waals surface area (Å²) in [4.78, 5) is 28.6. The SMILES string of the molecule is CN(C(=O)[C@@]1(c2ccccc2)SC12C(C)(C)C(=O)C2(C)C)c1ccccc1. The molecule has 2 fully saturated rings. The zero-order chi connectivity index (χ0) is 19.7. The molecule has 27 heavy (non-hydrogen) atoms. The van der Waals surface area contributed by atoms with Gasteiger partial charge in [-0.05, 0) is 17.7 Å². The molecule has 2 aromatic carbocycles. The minimum absolute atomic E-state index is 0.0403. The highest BCUT2D eigenvalue weighted by Gasteiger charge is 2.93. The highest BCUT2D eigenvalue weighted by molar-refractivity contribution is 8.10. The fourth-order valence-corrected chi connectivity index (χ4v) is 7.71. The fourth-order valence-electron chi connectivity index (χ4n) is 5.42. The Morgan fingerprint density at radius 3 is 1.85 bits per heavy atom. The van der Waals surface area contributed by atoms with Crippen LogP contribution in [-0.4, -0.2) is 23.5 Å². The third-order valence-corrected chi connectivity index (χ3v) is 9.04. The third-order valence-electron chi connectivity index (χ3n) is 6.59. The quantitative estimate of drug-likeness (QED) is 0.728. The normalized spacial score (nSPS) is 26.3. The molecule has 1 saturated carbocycles. The van der Waals surface area contributed by atoms with E-state index < -0.39 is 20.3 Å². The first-order valence-corrected chi connectivity index (χ1v) is 10.1. The first kappa shape index (κ1) is 18.3. The van der Waals surface area contributed by atoms with Crippen molar-refractivity contribution in [2.45, 2.75) is 37.2 Å². The minimum Gasteiger partial charge on any atom is -0.314 e. The van der Waals surface area contributed by atoms with Gasteiger partial charge in [0, 0.05) is 23.6 Å². The molecule has 1 spiro atoms. The summed E-state index contributed by atoms with van der Waals surface area (Å²) in [5.74, 6) is 0.272. The van der Waals surface area contributed by atoms with E-state index >= 15 is 0 Å². The fraction of sp³-hybridized carbons (Fsp3) is 0.391. The second-order valence-electron chi connectivity index (χ2n) is 8.61.